The van der Waals surface area contributed by atoms with Gasteiger partial charge in [-0.2, -0.15) is 0 Å². The second-order valence-corrected chi connectivity index (χ2v) is 27.8. The van der Waals surface area contributed by atoms with Crippen LogP contribution in [0.1, 0.15) is 393 Å². The molecule has 1 fully saturated rings. The van der Waals surface area contributed by atoms with E-state index in [1.165, 1.54) is 283 Å². The van der Waals surface area contributed by atoms with Crippen molar-refractivity contribution in [2.45, 2.75) is 442 Å². The quantitative estimate of drug-likeness (QED) is 0.0195. The Morgan fingerprint density at radius 1 is 0.424 bits per heavy atom. The molecule has 0 spiro atoms. The first-order chi connectivity index (χ1) is 45.2. The number of carbonyl (C=O) groups excluding carboxylic acids is 2. The molecule has 11 nitrogen and oxygen atoms in total. The van der Waals surface area contributed by atoms with Crippen LogP contribution in [0.5, 0.6) is 0 Å². The Bertz CT molecular complexity index is 1690. The zero-order valence-corrected chi connectivity index (χ0v) is 60.4. The molecule has 6 N–H and O–H groups in total. The number of rotatable bonds is 70. The molecule has 92 heavy (non-hydrogen) atoms. The molecule has 1 rings (SSSR count). The van der Waals surface area contributed by atoms with Gasteiger partial charge >= 0.3 is 5.97 Å². The van der Waals surface area contributed by atoms with E-state index in [2.05, 4.69) is 62.5 Å². The summed E-state index contributed by atoms with van der Waals surface area (Å²) in [5, 5.41) is 57.4. The van der Waals surface area contributed by atoms with Crippen molar-refractivity contribution in [3.8, 4) is 0 Å². The summed E-state index contributed by atoms with van der Waals surface area (Å²) in [6, 6.07) is -1.02. The molecule has 8 unspecified atom stereocenters. The Labute approximate surface area is 567 Å². The summed E-state index contributed by atoms with van der Waals surface area (Å²) >= 11 is 0. The molecule has 1 aliphatic rings. The molecule has 8 atom stereocenters. The molecule has 1 heterocycles. The van der Waals surface area contributed by atoms with E-state index < -0.39 is 67.4 Å². The highest BCUT2D eigenvalue weighted by molar-refractivity contribution is 5.80. The minimum absolute atomic E-state index is 0.127. The van der Waals surface area contributed by atoms with Crippen LogP contribution in [0.25, 0.3) is 0 Å². The Morgan fingerprint density at radius 2 is 0.750 bits per heavy atom. The van der Waals surface area contributed by atoms with Gasteiger partial charge in [-0.3, -0.25) is 9.59 Å². The predicted molar refractivity (Wildman–Crippen MR) is 389 cm³/mol. The number of aliphatic hydroxyl groups excluding tert-OH is 5. The number of amides is 1. The van der Waals surface area contributed by atoms with Gasteiger partial charge in [0.25, 0.3) is 0 Å². The van der Waals surface area contributed by atoms with Gasteiger partial charge in [-0.05, 0) is 83.5 Å². The number of aliphatic hydroxyl groups is 5. The molecular formula is C81H151NO10. The first-order valence-corrected chi connectivity index (χ1v) is 39.9. The molecule has 0 radical (unpaired) electrons. The van der Waals surface area contributed by atoms with E-state index in [0.717, 1.165) is 64.2 Å². The van der Waals surface area contributed by atoms with E-state index in [4.69, 9.17) is 14.2 Å². The fourth-order valence-corrected chi connectivity index (χ4v) is 12.7. The summed E-state index contributed by atoms with van der Waals surface area (Å²) in [5.41, 5.74) is 0. The van der Waals surface area contributed by atoms with Crippen LogP contribution in [0.4, 0.5) is 0 Å². The van der Waals surface area contributed by atoms with Gasteiger partial charge in [-0.1, -0.05) is 352 Å². The first kappa shape index (κ1) is 87.6. The van der Waals surface area contributed by atoms with Gasteiger partial charge in [-0.15, -0.1) is 0 Å². The van der Waals surface area contributed by atoms with Crippen molar-refractivity contribution in [3.63, 3.8) is 0 Å². The summed E-state index contributed by atoms with van der Waals surface area (Å²) in [5.74, 6) is -1.18. The Kier molecular flexibility index (Phi) is 65.3. The number of carbonyl (C=O) groups is 2. The first-order valence-electron chi connectivity index (χ1n) is 39.9. The molecule has 0 aromatic heterocycles. The lowest BCUT2D eigenvalue weighted by molar-refractivity contribution is -0.305. The highest BCUT2D eigenvalue weighted by Crippen LogP contribution is 2.27. The predicted octanol–water partition coefficient (Wildman–Crippen LogP) is 21.5. The maximum atomic E-state index is 13.5. The SMILES string of the molecule is CCCCC/C=C\C/C=C\CCCCCCCCCCCCCCCCCCCC(=O)OC1C(OCC(NC(=O)C(O)CCCCCCCCCCCCCCCC/C=C/CCCCCCCC)C(O)/C=C/CCCCCCCCCCCC)OC(CO)C(O)C1O. The lowest BCUT2D eigenvalue weighted by atomic mass is 9.99. The van der Waals surface area contributed by atoms with Crippen LogP contribution >= 0.6 is 0 Å². The molecule has 11 heteroatoms. The molecule has 1 saturated heterocycles. The van der Waals surface area contributed by atoms with Crippen LogP contribution in [0, 0.1) is 0 Å². The van der Waals surface area contributed by atoms with Gasteiger partial charge in [0.05, 0.1) is 25.4 Å². The van der Waals surface area contributed by atoms with Crippen LogP contribution < -0.4 is 5.32 Å². The smallest absolute Gasteiger partial charge is 0.306 e. The summed E-state index contributed by atoms with van der Waals surface area (Å²) in [7, 11) is 0. The van der Waals surface area contributed by atoms with Crippen molar-refractivity contribution in [2.24, 2.45) is 0 Å². The Hall–Kier alpha value is -2.38. The molecule has 0 aromatic carbocycles. The normalized spacial score (nSPS) is 18.1. The number of nitrogens with one attached hydrogen (secondary N) is 1. The van der Waals surface area contributed by atoms with Crippen molar-refractivity contribution >= 4 is 11.9 Å². The van der Waals surface area contributed by atoms with Gasteiger partial charge in [0.15, 0.2) is 12.4 Å². The third kappa shape index (κ3) is 54.7. The fourth-order valence-electron chi connectivity index (χ4n) is 12.7. The molecule has 0 saturated carbocycles. The fraction of sp³-hybridized carbons (Fsp3) is 0.877. The Balaban J connectivity index is 2.48. The maximum absolute atomic E-state index is 13.5. The van der Waals surface area contributed by atoms with Crippen LogP contribution in [0.3, 0.4) is 0 Å². The van der Waals surface area contributed by atoms with Gasteiger partial charge in [0.1, 0.15) is 24.4 Å². The molecule has 1 aliphatic heterocycles. The molecule has 0 bridgehead atoms. The van der Waals surface area contributed by atoms with E-state index in [1.54, 1.807) is 6.08 Å². The summed E-state index contributed by atoms with van der Waals surface area (Å²) in [6.07, 6.45) is 77.4. The standard InChI is InChI=1S/C81H151NO10/c1-4-7-10-13-16-19-22-25-27-29-31-33-35-37-38-39-41-43-45-47-49-51-54-57-60-63-66-69-76(86)92-79-78(88)77(87)75(70-83)91-81(79)90-71-72(73(84)67-64-61-58-55-52-24-21-18-15-12-9-6-3)82-80(89)74(85)68-65-62-59-56-53-50-48-46-44-42-40-36-34-32-30-28-26-23-20-17-14-11-8-5-2/h16,19,25-28,64,67,72-75,77-79,81,83-85,87-88H,4-15,17-18,20-24,29-63,65-66,68-71H2,1-3H3,(H,82,89)/b19-16-,27-25-,28-26+,67-64+. The lowest BCUT2D eigenvalue weighted by Gasteiger charge is -2.41. The third-order valence-electron chi connectivity index (χ3n) is 19.0. The largest absolute Gasteiger partial charge is 0.454 e. The van der Waals surface area contributed by atoms with Crippen molar-refractivity contribution in [1.29, 1.82) is 0 Å². The number of esters is 1. The summed E-state index contributed by atoms with van der Waals surface area (Å²) < 4.78 is 17.8. The average Bonchev–Trinajstić information content (AvgIpc) is 0.875. The molecular weight excluding hydrogens is 1150 g/mol. The minimum Gasteiger partial charge on any atom is -0.454 e. The van der Waals surface area contributed by atoms with Crippen molar-refractivity contribution in [2.75, 3.05) is 13.2 Å². The number of allylic oxidation sites excluding steroid dienone is 7. The van der Waals surface area contributed by atoms with E-state index in [0.29, 0.717) is 19.3 Å². The maximum Gasteiger partial charge on any atom is 0.306 e. The Morgan fingerprint density at radius 3 is 1.14 bits per heavy atom. The average molecular weight is 1300 g/mol. The lowest BCUT2D eigenvalue weighted by Crippen LogP contribution is -2.61. The van der Waals surface area contributed by atoms with Crippen LogP contribution in [0.2, 0.25) is 0 Å². The second kappa shape index (κ2) is 68.6. The third-order valence-corrected chi connectivity index (χ3v) is 19.0. The van der Waals surface area contributed by atoms with Crippen molar-refractivity contribution in [3.05, 3.63) is 48.6 Å². The minimum atomic E-state index is -1.61. The van der Waals surface area contributed by atoms with Gasteiger partial charge in [-0.25, -0.2) is 0 Å². The highest BCUT2D eigenvalue weighted by atomic mass is 16.7. The van der Waals surface area contributed by atoms with E-state index >= 15 is 0 Å². The topological polar surface area (TPSA) is 175 Å². The van der Waals surface area contributed by atoms with Gasteiger partial charge in [0, 0.05) is 6.42 Å². The van der Waals surface area contributed by atoms with E-state index in [1.807, 2.05) is 6.08 Å². The molecule has 1 amide bonds. The molecule has 540 valence electrons. The number of ether oxygens (including phenoxy) is 3. The molecule has 0 aliphatic carbocycles. The van der Waals surface area contributed by atoms with E-state index in [-0.39, 0.29) is 13.0 Å². The van der Waals surface area contributed by atoms with Crippen LogP contribution in [-0.2, 0) is 23.8 Å². The van der Waals surface area contributed by atoms with Gasteiger partial charge in [0.2, 0.25) is 5.91 Å². The zero-order chi connectivity index (χ0) is 66.7. The number of unbranched alkanes of at least 4 members (excludes halogenated alkanes) is 50. The van der Waals surface area contributed by atoms with Crippen LogP contribution in [-0.4, -0.2) is 99.6 Å². The van der Waals surface area contributed by atoms with Crippen molar-refractivity contribution in [1.82, 2.24) is 5.32 Å². The summed E-state index contributed by atoms with van der Waals surface area (Å²) in [4.78, 5) is 26.8. The zero-order valence-electron chi connectivity index (χ0n) is 60.4. The van der Waals surface area contributed by atoms with E-state index in [9.17, 15) is 35.1 Å². The van der Waals surface area contributed by atoms with Crippen molar-refractivity contribution < 1.29 is 49.3 Å². The second-order valence-electron chi connectivity index (χ2n) is 27.8. The number of hydrogen-bond acceptors (Lipinski definition) is 10. The number of hydrogen-bond donors (Lipinski definition) is 6. The summed E-state index contributed by atoms with van der Waals surface area (Å²) in [6.45, 7) is 5.83. The van der Waals surface area contributed by atoms with Crippen LogP contribution in [0.15, 0.2) is 48.6 Å². The highest BCUT2D eigenvalue weighted by Gasteiger charge is 2.47. The monoisotopic (exact) mass is 1300 g/mol. The molecule has 0 aromatic rings. The van der Waals surface area contributed by atoms with Gasteiger partial charge < -0.3 is 45.1 Å².